The highest BCUT2D eigenvalue weighted by Crippen LogP contribution is 2.34. The van der Waals surface area contributed by atoms with Crippen molar-refractivity contribution in [3.05, 3.63) is 83.3 Å². The number of hydrogen-bond donors (Lipinski definition) is 1. The molecule has 7 nitrogen and oxygen atoms in total. The lowest BCUT2D eigenvalue weighted by molar-refractivity contribution is -0.131. The van der Waals surface area contributed by atoms with Gasteiger partial charge in [0.05, 0.1) is 6.04 Å². The maximum atomic E-state index is 14.6. The number of aromatic nitrogens is 2. The number of amides is 1. The van der Waals surface area contributed by atoms with Crippen molar-refractivity contribution in [2.45, 2.75) is 25.2 Å². The van der Waals surface area contributed by atoms with Crippen molar-refractivity contribution in [3.8, 4) is 11.6 Å². The summed E-state index contributed by atoms with van der Waals surface area (Å²) in [5, 5.41) is 2.82. The molecule has 166 valence electrons. The summed E-state index contributed by atoms with van der Waals surface area (Å²) in [4.78, 5) is 21.4. The first-order valence-corrected chi connectivity index (χ1v) is 9.92. The van der Waals surface area contributed by atoms with E-state index in [1.165, 1.54) is 25.4 Å². The lowest BCUT2D eigenvalue weighted by Crippen LogP contribution is -2.48. The molecule has 0 bridgehead atoms. The van der Waals surface area contributed by atoms with Gasteiger partial charge in [-0.25, -0.2) is 13.8 Å². The fraction of sp³-hybridized carbons (Fsp3) is 0.261. The van der Waals surface area contributed by atoms with Crippen LogP contribution in [0.15, 0.2) is 54.7 Å². The van der Waals surface area contributed by atoms with Crippen molar-refractivity contribution in [1.82, 2.24) is 15.3 Å². The van der Waals surface area contributed by atoms with Crippen LogP contribution in [0.5, 0.6) is 11.6 Å². The van der Waals surface area contributed by atoms with Crippen molar-refractivity contribution in [1.29, 1.82) is 0 Å². The maximum Gasteiger partial charge on any atom is 0.266 e. The zero-order valence-corrected chi connectivity index (χ0v) is 17.4. The van der Waals surface area contributed by atoms with E-state index in [1.807, 2.05) is 24.3 Å². The van der Waals surface area contributed by atoms with Gasteiger partial charge in [-0.05, 0) is 25.1 Å². The Bertz CT molecular complexity index is 1130. The van der Waals surface area contributed by atoms with Gasteiger partial charge in [0.2, 0.25) is 12.0 Å². The Hall–Kier alpha value is -3.59. The van der Waals surface area contributed by atoms with Crippen molar-refractivity contribution in [3.63, 3.8) is 0 Å². The number of para-hydroxylation sites is 1. The number of methoxy groups -OCH3 is 1. The predicted octanol–water partition coefficient (Wildman–Crippen LogP) is 3.45. The second kappa shape index (κ2) is 9.27. The van der Waals surface area contributed by atoms with E-state index in [2.05, 4.69) is 15.3 Å². The highest BCUT2D eigenvalue weighted by Gasteiger charge is 2.35. The van der Waals surface area contributed by atoms with Crippen molar-refractivity contribution >= 4 is 5.91 Å². The van der Waals surface area contributed by atoms with Gasteiger partial charge in [-0.2, -0.15) is 4.98 Å². The SMILES string of the molecule is CO[C@H]1c2ccccc2OC[C@@H]1NC(=O)C(Oc1ccnc(C)n1)c1ccc(F)cc1F. The molecule has 3 atom stereocenters. The van der Waals surface area contributed by atoms with Crippen LogP contribution in [0.2, 0.25) is 0 Å². The summed E-state index contributed by atoms with van der Waals surface area (Å²) in [6.45, 7) is 1.80. The minimum Gasteiger partial charge on any atom is -0.491 e. The minimum absolute atomic E-state index is 0.0786. The molecule has 1 aliphatic rings. The number of rotatable bonds is 6. The molecule has 1 unspecified atom stereocenters. The number of nitrogens with zero attached hydrogens (tertiary/aromatic N) is 2. The number of ether oxygens (including phenoxy) is 3. The quantitative estimate of drug-likeness (QED) is 0.631. The Balaban J connectivity index is 1.62. The van der Waals surface area contributed by atoms with E-state index in [0.29, 0.717) is 17.6 Å². The topological polar surface area (TPSA) is 82.6 Å². The van der Waals surface area contributed by atoms with Gasteiger partial charge in [-0.15, -0.1) is 0 Å². The number of aryl methyl sites for hydroxylation is 1. The molecule has 2 aromatic carbocycles. The average Bonchev–Trinajstić information content (AvgIpc) is 2.78. The molecule has 0 fully saturated rings. The van der Waals surface area contributed by atoms with Gasteiger partial charge in [-0.1, -0.05) is 18.2 Å². The monoisotopic (exact) mass is 441 g/mol. The number of fused-ring (bicyclic) bond motifs is 1. The van der Waals surface area contributed by atoms with Gasteiger partial charge in [0.25, 0.3) is 5.91 Å². The summed E-state index contributed by atoms with van der Waals surface area (Å²) in [6.07, 6.45) is -0.455. The van der Waals surface area contributed by atoms with Crippen LogP contribution in [0.25, 0.3) is 0 Å². The van der Waals surface area contributed by atoms with Crippen molar-refractivity contribution in [2.24, 2.45) is 0 Å². The van der Waals surface area contributed by atoms with Crippen LogP contribution < -0.4 is 14.8 Å². The molecule has 9 heteroatoms. The second-order valence-electron chi connectivity index (χ2n) is 7.23. The summed E-state index contributed by atoms with van der Waals surface area (Å²) in [7, 11) is 1.53. The Morgan fingerprint density at radius 2 is 2.03 bits per heavy atom. The molecule has 2 heterocycles. The van der Waals surface area contributed by atoms with Gasteiger partial charge < -0.3 is 19.5 Å². The second-order valence-corrected chi connectivity index (χ2v) is 7.23. The van der Waals surface area contributed by atoms with Gasteiger partial charge >= 0.3 is 0 Å². The lowest BCUT2D eigenvalue weighted by atomic mass is 9.98. The van der Waals surface area contributed by atoms with E-state index in [1.54, 1.807) is 6.92 Å². The lowest BCUT2D eigenvalue weighted by Gasteiger charge is -2.34. The summed E-state index contributed by atoms with van der Waals surface area (Å²) < 4.78 is 45.1. The summed E-state index contributed by atoms with van der Waals surface area (Å²) in [5.41, 5.74) is 0.648. The van der Waals surface area contributed by atoms with E-state index in [4.69, 9.17) is 14.2 Å². The summed E-state index contributed by atoms with van der Waals surface area (Å²) in [6, 6.07) is 11.2. The summed E-state index contributed by atoms with van der Waals surface area (Å²) in [5.74, 6) is -1.17. The molecular formula is C23H21F2N3O4. The third kappa shape index (κ3) is 4.52. The molecule has 3 aromatic rings. The molecule has 0 aliphatic carbocycles. The van der Waals surface area contributed by atoms with Gasteiger partial charge in [0.1, 0.15) is 35.9 Å². The summed E-state index contributed by atoms with van der Waals surface area (Å²) >= 11 is 0. The molecule has 1 amide bonds. The fourth-order valence-electron chi connectivity index (χ4n) is 3.59. The van der Waals surface area contributed by atoms with E-state index in [0.717, 1.165) is 11.6 Å². The normalized spacial score (nSPS) is 18.2. The molecule has 0 radical (unpaired) electrons. The Labute approximate surface area is 183 Å². The third-order valence-corrected chi connectivity index (χ3v) is 5.06. The number of benzene rings is 2. The Morgan fingerprint density at radius 3 is 2.78 bits per heavy atom. The van der Waals surface area contributed by atoms with Gasteiger partial charge in [0.15, 0.2) is 0 Å². The number of hydrogen-bond acceptors (Lipinski definition) is 6. The van der Waals surface area contributed by atoms with Crippen molar-refractivity contribution < 1.29 is 27.8 Å². The van der Waals surface area contributed by atoms with E-state index in [-0.39, 0.29) is 18.1 Å². The number of halogens is 2. The largest absolute Gasteiger partial charge is 0.491 e. The van der Waals surface area contributed by atoms with E-state index >= 15 is 0 Å². The molecule has 0 saturated heterocycles. The highest BCUT2D eigenvalue weighted by atomic mass is 19.1. The highest BCUT2D eigenvalue weighted by molar-refractivity contribution is 5.83. The first kappa shape index (κ1) is 21.6. The molecular weight excluding hydrogens is 420 g/mol. The molecule has 1 aromatic heterocycles. The van der Waals surface area contributed by atoms with Crippen LogP contribution in [0.1, 0.15) is 29.2 Å². The molecule has 0 spiro atoms. The van der Waals surface area contributed by atoms with E-state index in [9.17, 15) is 13.6 Å². The Kier molecular flexibility index (Phi) is 6.27. The standard InChI is InChI=1S/C23H21F2N3O4/c1-13-26-10-9-20(27-13)32-22(15-8-7-14(24)11-17(15)25)23(29)28-18-12-31-19-6-4-3-5-16(19)21(18)30-2/h3-11,18,21-22H,12H2,1-2H3,(H,28,29)/t18-,21-,22?/m0/s1. The van der Waals surface area contributed by atoms with Crippen LogP contribution in [0.3, 0.4) is 0 Å². The smallest absolute Gasteiger partial charge is 0.266 e. The molecule has 4 rings (SSSR count). The Morgan fingerprint density at radius 1 is 1.22 bits per heavy atom. The molecule has 1 aliphatic heterocycles. The van der Waals surface area contributed by atoms with Gasteiger partial charge in [-0.3, -0.25) is 4.79 Å². The van der Waals surface area contributed by atoms with Gasteiger partial charge in [0, 0.05) is 36.6 Å². The van der Waals surface area contributed by atoms with Crippen LogP contribution in [-0.4, -0.2) is 35.6 Å². The third-order valence-electron chi connectivity index (χ3n) is 5.06. The number of carbonyl (C=O) groups is 1. The first-order valence-electron chi connectivity index (χ1n) is 9.92. The van der Waals surface area contributed by atoms with Crippen LogP contribution >= 0.6 is 0 Å². The fourth-order valence-corrected chi connectivity index (χ4v) is 3.59. The predicted molar refractivity (Wildman–Crippen MR) is 110 cm³/mol. The molecule has 32 heavy (non-hydrogen) atoms. The first-order chi connectivity index (χ1) is 15.5. The van der Waals surface area contributed by atoms with Crippen LogP contribution in [0, 0.1) is 18.6 Å². The number of carbonyl (C=O) groups excluding carboxylic acids is 1. The maximum absolute atomic E-state index is 14.6. The molecule has 1 N–H and O–H groups in total. The van der Waals surface area contributed by atoms with E-state index < -0.39 is 35.8 Å². The van der Waals surface area contributed by atoms with Crippen LogP contribution in [-0.2, 0) is 9.53 Å². The zero-order valence-electron chi connectivity index (χ0n) is 17.4. The number of nitrogens with one attached hydrogen (secondary N) is 1. The zero-order chi connectivity index (χ0) is 22.7. The van der Waals surface area contributed by atoms with Crippen molar-refractivity contribution in [2.75, 3.05) is 13.7 Å². The minimum atomic E-state index is -1.43. The average molecular weight is 441 g/mol. The van der Waals surface area contributed by atoms with Crippen LogP contribution in [0.4, 0.5) is 8.78 Å². The molecule has 0 saturated carbocycles.